The summed E-state index contributed by atoms with van der Waals surface area (Å²) in [7, 11) is 0. The summed E-state index contributed by atoms with van der Waals surface area (Å²) in [6.45, 7) is 0. The van der Waals surface area contributed by atoms with Gasteiger partial charge in [-0.25, -0.2) is 9.97 Å². The van der Waals surface area contributed by atoms with Crippen LogP contribution < -0.4 is 0 Å². The maximum atomic E-state index is 12.8. The van der Waals surface area contributed by atoms with Crippen molar-refractivity contribution in [1.29, 1.82) is 0 Å². The molecule has 0 radical (unpaired) electrons. The van der Waals surface area contributed by atoms with Crippen molar-refractivity contribution in [1.82, 2.24) is 9.97 Å². The average molecular weight is 217 g/mol. The van der Waals surface area contributed by atoms with Crippen LogP contribution in [0.2, 0.25) is 0 Å². The van der Waals surface area contributed by atoms with Crippen molar-refractivity contribution >= 4 is 15.9 Å². The van der Waals surface area contributed by atoms with Crippen LogP contribution in [0.25, 0.3) is 0 Å². The fourth-order valence-electron chi connectivity index (χ4n) is 0.897. The van der Waals surface area contributed by atoms with Gasteiger partial charge in [0.05, 0.1) is 4.47 Å². The molecule has 58 valence electrons. The molecule has 0 atom stereocenters. The second kappa shape index (κ2) is 2.52. The van der Waals surface area contributed by atoms with E-state index in [0.717, 1.165) is 12.8 Å². The van der Waals surface area contributed by atoms with Gasteiger partial charge in [0.2, 0.25) is 5.95 Å². The van der Waals surface area contributed by atoms with E-state index in [9.17, 15) is 4.39 Å². The molecule has 0 unspecified atom stereocenters. The zero-order valence-electron chi connectivity index (χ0n) is 5.72. The molecule has 2 nitrogen and oxygen atoms in total. The standard InChI is InChI=1S/C7H6BrFN2/c8-5-3-10-7(4-1-2-4)11-6(5)9/h3-4H,1-2H2. The summed E-state index contributed by atoms with van der Waals surface area (Å²) in [6, 6.07) is 0. The van der Waals surface area contributed by atoms with Crippen LogP contribution in [0.1, 0.15) is 24.6 Å². The molecule has 0 amide bonds. The Balaban J connectivity index is 2.36. The molecule has 0 aromatic carbocycles. The van der Waals surface area contributed by atoms with Crippen LogP contribution in [0.4, 0.5) is 4.39 Å². The van der Waals surface area contributed by atoms with E-state index < -0.39 is 5.95 Å². The number of halogens is 2. The second-order valence-electron chi connectivity index (χ2n) is 2.64. The highest BCUT2D eigenvalue weighted by molar-refractivity contribution is 9.10. The van der Waals surface area contributed by atoms with E-state index in [4.69, 9.17) is 0 Å². The molecule has 2 rings (SSSR count). The van der Waals surface area contributed by atoms with Crippen molar-refractivity contribution in [2.45, 2.75) is 18.8 Å². The highest BCUT2D eigenvalue weighted by Crippen LogP contribution is 2.38. The smallest absolute Gasteiger partial charge is 0.230 e. The Bertz CT molecular complexity index is 286. The topological polar surface area (TPSA) is 25.8 Å². The van der Waals surface area contributed by atoms with Gasteiger partial charge in [0, 0.05) is 12.1 Å². The predicted octanol–water partition coefficient (Wildman–Crippen LogP) is 2.26. The van der Waals surface area contributed by atoms with Crippen LogP contribution in [0.15, 0.2) is 10.7 Å². The van der Waals surface area contributed by atoms with E-state index in [-0.39, 0.29) is 0 Å². The van der Waals surface area contributed by atoms with Crippen molar-refractivity contribution in [3.05, 3.63) is 22.4 Å². The van der Waals surface area contributed by atoms with Crippen LogP contribution >= 0.6 is 15.9 Å². The van der Waals surface area contributed by atoms with Gasteiger partial charge in [-0.2, -0.15) is 4.39 Å². The third-order valence-corrected chi connectivity index (χ3v) is 2.19. The Morgan fingerprint density at radius 1 is 1.55 bits per heavy atom. The zero-order chi connectivity index (χ0) is 7.84. The van der Waals surface area contributed by atoms with Crippen LogP contribution in [-0.2, 0) is 0 Å². The minimum Gasteiger partial charge on any atom is -0.240 e. The summed E-state index contributed by atoms with van der Waals surface area (Å²) >= 11 is 3.00. The summed E-state index contributed by atoms with van der Waals surface area (Å²) in [6.07, 6.45) is 3.66. The Hall–Kier alpha value is -0.510. The molecule has 0 spiro atoms. The van der Waals surface area contributed by atoms with Gasteiger partial charge in [-0.1, -0.05) is 0 Å². The molecule has 1 fully saturated rings. The molecule has 1 aromatic rings. The summed E-state index contributed by atoms with van der Waals surface area (Å²) in [4.78, 5) is 7.71. The van der Waals surface area contributed by atoms with Gasteiger partial charge in [-0.15, -0.1) is 0 Å². The zero-order valence-corrected chi connectivity index (χ0v) is 7.31. The number of aromatic nitrogens is 2. The first-order chi connectivity index (χ1) is 5.27. The van der Waals surface area contributed by atoms with Crippen molar-refractivity contribution in [3.63, 3.8) is 0 Å². The predicted molar refractivity (Wildman–Crippen MR) is 41.7 cm³/mol. The van der Waals surface area contributed by atoms with Gasteiger partial charge in [-0.3, -0.25) is 0 Å². The summed E-state index contributed by atoms with van der Waals surface area (Å²) in [5, 5.41) is 0. The van der Waals surface area contributed by atoms with E-state index in [0.29, 0.717) is 16.2 Å². The molecule has 1 saturated carbocycles. The first-order valence-electron chi connectivity index (χ1n) is 3.45. The monoisotopic (exact) mass is 216 g/mol. The quantitative estimate of drug-likeness (QED) is 0.674. The molecule has 0 bridgehead atoms. The summed E-state index contributed by atoms with van der Waals surface area (Å²) in [5.41, 5.74) is 0. The van der Waals surface area contributed by atoms with Crippen molar-refractivity contribution in [3.8, 4) is 0 Å². The Kier molecular flexibility index (Phi) is 1.64. The van der Waals surface area contributed by atoms with Crippen LogP contribution in [0, 0.1) is 5.95 Å². The minimum atomic E-state index is -0.457. The molecule has 1 aliphatic carbocycles. The van der Waals surface area contributed by atoms with E-state index in [1.165, 1.54) is 6.20 Å². The number of hydrogen-bond acceptors (Lipinski definition) is 2. The highest BCUT2D eigenvalue weighted by Gasteiger charge is 2.26. The molecule has 4 heteroatoms. The van der Waals surface area contributed by atoms with Gasteiger partial charge >= 0.3 is 0 Å². The third-order valence-electron chi connectivity index (χ3n) is 1.66. The molecular weight excluding hydrogens is 211 g/mol. The third kappa shape index (κ3) is 1.40. The molecule has 1 heterocycles. The van der Waals surface area contributed by atoms with Gasteiger partial charge in [0.25, 0.3) is 0 Å². The minimum absolute atomic E-state index is 0.335. The van der Waals surface area contributed by atoms with Gasteiger partial charge in [-0.05, 0) is 28.8 Å². The number of hydrogen-bond donors (Lipinski definition) is 0. The van der Waals surface area contributed by atoms with Crippen LogP contribution in [0.3, 0.4) is 0 Å². The van der Waals surface area contributed by atoms with Crippen LogP contribution in [0.5, 0.6) is 0 Å². The highest BCUT2D eigenvalue weighted by atomic mass is 79.9. The largest absolute Gasteiger partial charge is 0.240 e. The number of nitrogens with zero attached hydrogens (tertiary/aromatic N) is 2. The van der Waals surface area contributed by atoms with Crippen LogP contribution in [-0.4, -0.2) is 9.97 Å². The Morgan fingerprint density at radius 2 is 2.27 bits per heavy atom. The molecular formula is C7H6BrFN2. The fourth-order valence-corrected chi connectivity index (χ4v) is 1.09. The lowest BCUT2D eigenvalue weighted by Crippen LogP contribution is -1.95. The molecule has 0 aliphatic heterocycles. The van der Waals surface area contributed by atoms with Gasteiger partial charge in [0.15, 0.2) is 0 Å². The summed E-state index contributed by atoms with van der Waals surface area (Å²) in [5.74, 6) is 0.602. The van der Waals surface area contributed by atoms with Crippen molar-refractivity contribution in [2.24, 2.45) is 0 Å². The van der Waals surface area contributed by atoms with E-state index in [1.54, 1.807) is 0 Å². The molecule has 1 aliphatic rings. The molecule has 1 aromatic heterocycles. The normalized spacial score (nSPS) is 16.9. The second-order valence-corrected chi connectivity index (χ2v) is 3.50. The first-order valence-corrected chi connectivity index (χ1v) is 4.24. The molecule has 0 saturated heterocycles. The Labute approximate surface area is 72.0 Å². The fraction of sp³-hybridized carbons (Fsp3) is 0.429. The molecule has 0 N–H and O–H groups in total. The van der Waals surface area contributed by atoms with E-state index in [1.807, 2.05) is 0 Å². The van der Waals surface area contributed by atoms with E-state index >= 15 is 0 Å². The van der Waals surface area contributed by atoms with Gasteiger partial charge in [0.1, 0.15) is 5.82 Å². The lowest BCUT2D eigenvalue weighted by atomic mass is 10.4. The van der Waals surface area contributed by atoms with Crippen molar-refractivity contribution < 1.29 is 4.39 Å². The number of rotatable bonds is 1. The average Bonchev–Trinajstić information content (AvgIpc) is 2.77. The lowest BCUT2D eigenvalue weighted by molar-refractivity contribution is 0.562. The summed E-state index contributed by atoms with van der Waals surface area (Å²) < 4.78 is 13.1. The lowest BCUT2D eigenvalue weighted by Gasteiger charge is -1.96. The van der Waals surface area contributed by atoms with Gasteiger partial charge < -0.3 is 0 Å². The maximum Gasteiger partial charge on any atom is 0.230 e. The van der Waals surface area contributed by atoms with E-state index in [2.05, 4.69) is 25.9 Å². The maximum absolute atomic E-state index is 12.8. The SMILES string of the molecule is Fc1nc(C2CC2)ncc1Br. The van der Waals surface area contributed by atoms with Crippen molar-refractivity contribution in [2.75, 3.05) is 0 Å². The Morgan fingerprint density at radius 3 is 2.82 bits per heavy atom. The molecule has 11 heavy (non-hydrogen) atoms. The first kappa shape index (κ1) is 7.16.